The zero-order valence-electron chi connectivity index (χ0n) is 17.5. The van der Waals surface area contributed by atoms with Gasteiger partial charge < -0.3 is 15.3 Å². The van der Waals surface area contributed by atoms with Gasteiger partial charge >= 0.3 is 0 Å². The number of fused-ring (bicyclic) bond motifs is 1. The first-order valence-corrected chi connectivity index (χ1v) is 10.9. The lowest BCUT2D eigenvalue weighted by atomic mass is 10.1. The molecule has 0 aliphatic rings. The summed E-state index contributed by atoms with van der Waals surface area (Å²) in [6.45, 7) is 0. The number of hydrogen-bond acceptors (Lipinski definition) is 6. The normalized spacial score (nSPS) is 12.2. The standard InChI is InChI=1S/C26H21N3O3S/c30-19-10-6-17(7-11-19)22-15-29-25(21(27-22)14-16-4-2-1-3-5-16)28-23(26(29)32)24(33)18-8-12-20(31)13-9-18/h1-13,15,24,30-33H,14H2. The molecule has 5 rings (SSSR count). The van der Waals surface area contributed by atoms with Gasteiger partial charge in [-0.1, -0.05) is 42.5 Å². The van der Waals surface area contributed by atoms with E-state index >= 15 is 0 Å². The lowest BCUT2D eigenvalue weighted by Gasteiger charge is -2.09. The average molecular weight is 456 g/mol. The maximum atomic E-state index is 11.1. The van der Waals surface area contributed by atoms with Crippen molar-refractivity contribution in [2.45, 2.75) is 11.7 Å². The largest absolute Gasteiger partial charge is 0.508 e. The fourth-order valence-corrected chi connectivity index (χ4v) is 4.14. The molecule has 3 N–H and O–H groups in total. The molecular formula is C26H21N3O3S. The number of benzene rings is 3. The second kappa shape index (κ2) is 8.52. The predicted molar refractivity (Wildman–Crippen MR) is 130 cm³/mol. The van der Waals surface area contributed by atoms with Gasteiger partial charge in [-0.3, -0.25) is 4.40 Å². The van der Waals surface area contributed by atoms with Crippen LogP contribution in [-0.4, -0.2) is 29.7 Å². The van der Waals surface area contributed by atoms with Crippen molar-refractivity contribution in [2.75, 3.05) is 0 Å². The second-order valence-corrected chi connectivity index (χ2v) is 8.31. The van der Waals surface area contributed by atoms with Crippen molar-refractivity contribution in [1.82, 2.24) is 14.4 Å². The number of rotatable bonds is 5. The summed E-state index contributed by atoms with van der Waals surface area (Å²) in [6.07, 6.45) is 2.27. The minimum absolute atomic E-state index is 0.0187. The van der Waals surface area contributed by atoms with Crippen LogP contribution in [0, 0.1) is 0 Å². The highest BCUT2D eigenvalue weighted by Crippen LogP contribution is 2.36. The fourth-order valence-electron chi connectivity index (χ4n) is 3.79. The fraction of sp³-hybridized carbons (Fsp3) is 0.0769. The molecule has 0 amide bonds. The first-order valence-electron chi connectivity index (χ1n) is 10.4. The summed E-state index contributed by atoms with van der Waals surface area (Å²) in [6, 6.07) is 23.4. The van der Waals surface area contributed by atoms with Crippen LogP contribution >= 0.6 is 12.6 Å². The Labute approximate surface area is 195 Å². The molecule has 0 aliphatic carbocycles. The molecule has 0 spiro atoms. The van der Waals surface area contributed by atoms with Crippen molar-refractivity contribution in [3.63, 3.8) is 0 Å². The summed E-state index contributed by atoms with van der Waals surface area (Å²) in [5.74, 6) is 0.310. The molecule has 2 heterocycles. The average Bonchev–Trinajstić information content (AvgIpc) is 3.17. The molecule has 1 unspecified atom stereocenters. The van der Waals surface area contributed by atoms with Gasteiger partial charge in [-0.15, -0.1) is 0 Å². The highest BCUT2D eigenvalue weighted by atomic mass is 32.1. The molecule has 0 saturated heterocycles. The van der Waals surface area contributed by atoms with Gasteiger partial charge in [-0.25, -0.2) is 9.97 Å². The molecule has 3 aromatic carbocycles. The Morgan fingerprint density at radius 3 is 2.09 bits per heavy atom. The van der Waals surface area contributed by atoms with Crippen LogP contribution in [0.25, 0.3) is 16.9 Å². The van der Waals surface area contributed by atoms with E-state index in [1.165, 1.54) is 0 Å². The van der Waals surface area contributed by atoms with Gasteiger partial charge in [0, 0.05) is 18.2 Å². The molecule has 164 valence electrons. The monoisotopic (exact) mass is 455 g/mol. The molecule has 2 aromatic heterocycles. The number of hydrogen-bond donors (Lipinski definition) is 4. The lowest BCUT2D eigenvalue weighted by molar-refractivity contribution is 0.442. The lowest BCUT2D eigenvalue weighted by Crippen LogP contribution is -2.00. The van der Waals surface area contributed by atoms with E-state index in [0.29, 0.717) is 29.1 Å². The molecule has 0 radical (unpaired) electrons. The van der Waals surface area contributed by atoms with Crippen LogP contribution in [0.5, 0.6) is 17.4 Å². The van der Waals surface area contributed by atoms with Crippen molar-refractivity contribution in [1.29, 1.82) is 0 Å². The Morgan fingerprint density at radius 1 is 0.788 bits per heavy atom. The molecule has 1 atom stereocenters. The van der Waals surface area contributed by atoms with Crippen LogP contribution in [0.4, 0.5) is 0 Å². The van der Waals surface area contributed by atoms with E-state index in [0.717, 1.165) is 16.7 Å². The Morgan fingerprint density at radius 2 is 1.42 bits per heavy atom. The third-order valence-electron chi connectivity index (χ3n) is 5.52. The first kappa shape index (κ1) is 20.9. The summed E-state index contributed by atoms with van der Waals surface area (Å²) < 4.78 is 1.63. The number of aromatic hydroxyl groups is 3. The molecule has 7 heteroatoms. The van der Waals surface area contributed by atoms with E-state index in [9.17, 15) is 15.3 Å². The number of phenols is 2. The van der Waals surface area contributed by atoms with Crippen LogP contribution < -0.4 is 0 Å². The molecular weight excluding hydrogens is 434 g/mol. The van der Waals surface area contributed by atoms with Crippen LogP contribution in [0.3, 0.4) is 0 Å². The quantitative estimate of drug-likeness (QED) is 0.276. The topological polar surface area (TPSA) is 90.9 Å². The van der Waals surface area contributed by atoms with E-state index in [4.69, 9.17) is 22.6 Å². The Bertz CT molecular complexity index is 1420. The Hall–Kier alpha value is -3.97. The predicted octanol–water partition coefficient (Wildman–Crippen LogP) is 5.12. The third kappa shape index (κ3) is 4.10. The highest BCUT2D eigenvalue weighted by Gasteiger charge is 2.23. The van der Waals surface area contributed by atoms with E-state index < -0.39 is 5.25 Å². The third-order valence-corrected chi connectivity index (χ3v) is 6.06. The van der Waals surface area contributed by atoms with Crippen molar-refractivity contribution >= 4 is 18.3 Å². The number of phenolic OH excluding ortho intramolecular Hbond substituents is 2. The van der Waals surface area contributed by atoms with Crippen LogP contribution in [0.2, 0.25) is 0 Å². The summed E-state index contributed by atoms with van der Waals surface area (Å²) >= 11 is 4.70. The highest BCUT2D eigenvalue weighted by molar-refractivity contribution is 7.80. The number of thiol groups is 1. The maximum absolute atomic E-state index is 11.1. The molecule has 33 heavy (non-hydrogen) atoms. The molecule has 0 bridgehead atoms. The van der Waals surface area contributed by atoms with Crippen molar-refractivity contribution < 1.29 is 15.3 Å². The van der Waals surface area contributed by atoms with Crippen molar-refractivity contribution in [3.8, 4) is 28.6 Å². The number of imidazole rings is 1. The molecule has 0 fully saturated rings. The maximum Gasteiger partial charge on any atom is 0.220 e. The van der Waals surface area contributed by atoms with Gasteiger partial charge in [0.05, 0.1) is 16.6 Å². The molecule has 6 nitrogen and oxygen atoms in total. The molecule has 5 aromatic rings. The van der Waals surface area contributed by atoms with Gasteiger partial charge in [0.15, 0.2) is 5.65 Å². The van der Waals surface area contributed by atoms with Crippen molar-refractivity contribution in [3.05, 3.63) is 108 Å². The van der Waals surface area contributed by atoms with Crippen molar-refractivity contribution in [2.24, 2.45) is 0 Å². The summed E-state index contributed by atoms with van der Waals surface area (Å²) in [7, 11) is 0. The van der Waals surface area contributed by atoms with Gasteiger partial charge in [0.25, 0.3) is 0 Å². The van der Waals surface area contributed by atoms with Gasteiger partial charge in [0.1, 0.15) is 17.2 Å². The SMILES string of the molecule is Oc1ccc(-c2cn3c(O)c(C(S)c4ccc(O)cc4)nc3c(Cc3ccccc3)n2)cc1. The van der Waals surface area contributed by atoms with Crippen LogP contribution in [0.15, 0.2) is 85.1 Å². The van der Waals surface area contributed by atoms with Gasteiger partial charge in [0.2, 0.25) is 5.88 Å². The minimum Gasteiger partial charge on any atom is -0.508 e. The smallest absolute Gasteiger partial charge is 0.220 e. The van der Waals surface area contributed by atoms with E-state index in [2.05, 4.69) is 0 Å². The summed E-state index contributed by atoms with van der Waals surface area (Å²) in [4.78, 5) is 9.59. The van der Waals surface area contributed by atoms with Crippen LogP contribution in [-0.2, 0) is 6.42 Å². The van der Waals surface area contributed by atoms with E-state index in [1.54, 1.807) is 59.1 Å². The van der Waals surface area contributed by atoms with Crippen LogP contribution in [0.1, 0.15) is 27.8 Å². The first-order chi connectivity index (χ1) is 16.0. The minimum atomic E-state index is -0.493. The van der Waals surface area contributed by atoms with E-state index in [-0.39, 0.29) is 17.4 Å². The van der Waals surface area contributed by atoms with E-state index in [1.807, 2.05) is 30.3 Å². The Balaban J connectivity index is 1.67. The molecule has 0 saturated carbocycles. The number of nitrogens with zero attached hydrogens (tertiary/aromatic N) is 3. The summed E-state index contributed by atoms with van der Waals surface area (Å²) in [5, 5.41) is 29.9. The molecule has 0 aliphatic heterocycles. The zero-order valence-corrected chi connectivity index (χ0v) is 18.4. The van der Waals surface area contributed by atoms with Gasteiger partial charge in [-0.2, -0.15) is 12.6 Å². The van der Waals surface area contributed by atoms with Gasteiger partial charge in [-0.05, 0) is 47.5 Å². The zero-order chi connectivity index (χ0) is 22.9. The Kier molecular flexibility index (Phi) is 5.40. The number of aromatic nitrogens is 3. The summed E-state index contributed by atoms with van der Waals surface area (Å²) in [5.41, 5.74) is 4.98. The second-order valence-electron chi connectivity index (χ2n) is 7.79.